The van der Waals surface area contributed by atoms with Gasteiger partial charge >= 0.3 is 6.18 Å². The molecule has 0 radical (unpaired) electrons. The van der Waals surface area contributed by atoms with E-state index in [4.69, 9.17) is 0 Å². The highest BCUT2D eigenvalue weighted by molar-refractivity contribution is 9.10. The van der Waals surface area contributed by atoms with Crippen LogP contribution in [0.25, 0.3) is 0 Å². The quantitative estimate of drug-likeness (QED) is 0.790. The zero-order valence-electron chi connectivity index (χ0n) is 9.70. The number of benzene rings is 1. The lowest BCUT2D eigenvalue weighted by atomic mass is 10.0. The monoisotopic (exact) mass is 332 g/mol. The topological polar surface area (TPSA) is 34.9 Å². The van der Waals surface area contributed by atoms with Crippen molar-refractivity contribution in [2.24, 2.45) is 7.05 Å². The van der Waals surface area contributed by atoms with Crippen LogP contribution in [0.2, 0.25) is 0 Å². The minimum Gasteiger partial charge on any atom is -0.287 e. The Bertz CT molecular complexity index is 634. The molecule has 19 heavy (non-hydrogen) atoms. The number of carbonyl (C=O) groups excluding carboxylic acids is 1. The van der Waals surface area contributed by atoms with Gasteiger partial charge in [-0.15, -0.1) is 0 Å². The molecule has 0 aliphatic rings. The SMILES string of the molecule is Cn1nccc1C(=O)c1ccc(Br)c(C(F)(F)F)c1. The fraction of sp³-hybridized carbons (Fsp3) is 0.167. The summed E-state index contributed by atoms with van der Waals surface area (Å²) in [5, 5.41) is 3.82. The largest absolute Gasteiger partial charge is 0.417 e. The minimum atomic E-state index is -4.51. The van der Waals surface area contributed by atoms with Crippen molar-refractivity contribution >= 4 is 21.7 Å². The maximum absolute atomic E-state index is 12.8. The van der Waals surface area contributed by atoms with E-state index in [1.807, 2.05) is 0 Å². The van der Waals surface area contributed by atoms with E-state index in [1.165, 1.54) is 29.1 Å². The van der Waals surface area contributed by atoms with Crippen molar-refractivity contribution in [3.05, 3.63) is 51.8 Å². The Morgan fingerprint density at radius 1 is 1.32 bits per heavy atom. The van der Waals surface area contributed by atoms with Crippen molar-refractivity contribution in [1.29, 1.82) is 0 Å². The van der Waals surface area contributed by atoms with Gasteiger partial charge in [0.15, 0.2) is 0 Å². The van der Waals surface area contributed by atoms with Crippen LogP contribution in [0.1, 0.15) is 21.6 Å². The predicted molar refractivity (Wildman–Crippen MR) is 65.8 cm³/mol. The Morgan fingerprint density at radius 2 is 2.00 bits per heavy atom. The van der Waals surface area contributed by atoms with Crippen LogP contribution in [0.4, 0.5) is 13.2 Å². The first-order chi connectivity index (χ1) is 8.80. The van der Waals surface area contributed by atoms with Gasteiger partial charge in [0, 0.05) is 23.3 Å². The number of aromatic nitrogens is 2. The summed E-state index contributed by atoms with van der Waals surface area (Å²) in [6, 6.07) is 4.85. The summed E-state index contributed by atoms with van der Waals surface area (Å²) in [4.78, 5) is 12.1. The lowest BCUT2D eigenvalue weighted by Gasteiger charge is -2.10. The predicted octanol–water partition coefficient (Wildman–Crippen LogP) is 3.43. The lowest BCUT2D eigenvalue weighted by molar-refractivity contribution is -0.138. The van der Waals surface area contributed by atoms with Crippen LogP contribution in [0.3, 0.4) is 0 Å². The second-order valence-electron chi connectivity index (χ2n) is 3.86. The molecular formula is C12H8BrF3N2O. The van der Waals surface area contributed by atoms with Crippen molar-refractivity contribution in [3.63, 3.8) is 0 Å². The second kappa shape index (κ2) is 4.80. The van der Waals surface area contributed by atoms with Crippen molar-refractivity contribution in [3.8, 4) is 0 Å². The van der Waals surface area contributed by atoms with Gasteiger partial charge in [-0.2, -0.15) is 18.3 Å². The van der Waals surface area contributed by atoms with E-state index in [1.54, 1.807) is 7.05 Å². The smallest absolute Gasteiger partial charge is 0.287 e. The van der Waals surface area contributed by atoms with Gasteiger partial charge in [-0.1, -0.05) is 15.9 Å². The first kappa shape index (κ1) is 13.8. The molecule has 0 spiro atoms. The molecule has 0 saturated carbocycles. The van der Waals surface area contributed by atoms with Crippen molar-refractivity contribution in [2.45, 2.75) is 6.18 Å². The number of hydrogen-bond donors (Lipinski definition) is 0. The van der Waals surface area contributed by atoms with Gasteiger partial charge in [0.1, 0.15) is 5.69 Å². The van der Waals surface area contributed by atoms with Gasteiger partial charge in [-0.25, -0.2) is 0 Å². The minimum absolute atomic E-state index is 0.0286. The second-order valence-corrected chi connectivity index (χ2v) is 4.72. The third-order valence-corrected chi connectivity index (χ3v) is 3.28. The van der Waals surface area contributed by atoms with Gasteiger partial charge < -0.3 is 0 Å². The Balaban J connectivity index is 2.48. The Hall–Kier alpha value is -1.63. The van der Waals surface area contributed by atoms with Gasteiger partial charge in [-0.05, 0) is 24.3 Å². The molecule has 1 aromatic carbocycles. The van der Waals surface area contributed by atoms with Crippen LogP contribution < -0.4 is 0 Å². The first-order valence-corrected chi connectivity index (χ1v) is 5.99. The molecule has 0 fully saturated rings. The van der Waals surface area contributed by atoms with Crippen molar-refractivity contribution in [1.82, 2.24) is 9.78 Å². The highest BCUT2D eigenvalue weighted by Gasteiger charge is 2.33. The fourth-order valence-electron chi connectivity index (χ4n) is 1.63. The summed E-state index contributed by atoms with van der Waals surface area (Å²) in [6.45, 7) is 0. The number of alkyl halides is 3. The number of halogens is 4. The molecule has 0 aliphatic heterocycles. The Labute approximate surface area is 115 Å². The maximum Gasteiger partial charge on any atom is 0.417 e. The van der Waals surface area contributed by atoms with Crippen LogP contribution in [-0.2, 0) is 13.2 Å². The number of rotatable bonds is 2. The molecule has 100 valence electrons. The Morgan fingerprint density at radius 3 is 2.53 bits per heavy atom. The number of hydrogen-bond acceptors (Lipinski definition) is 2. The number of nitrogens with zero attached hydrogens (tertiary/aromatic N) is 2. The number of carbonyl (C=O) groups is 1. The lowest BCUT2D eigenvalue weighted by Crippen LogP contribution is -2.11. The van der Waals surface area contributed by atoms with Gasteiger partial charge in [0.05, 0.1) is 5.56 Å². The normalized spacial score (nSPS) is 11.6. The molecule has 1 heterocycles. The molecule has 0 atom stereocenters. The van der Waals surface area contributed by atoms with E-state index < -0.39 is 17.5 Å². The zero-order chi connectivity index (χ0) is 14.2. The van der Waals surface area contributed by atoms with Gasteiger partial charge in [0.2, 0.25) is 5.78 Å². The summed E-state index contributed by atoms with van der Waals surface area (Å²) in [7, 11) is 1.55. The molecule has 0 N–H and O–H groups in total. The average molecular weight is 333 g/mol. The summed E-state index contributed by atoms with van der Waals surface area (Å²) >= 11 is 2.83. The fourth-order valence-corrected chi connectivity index (χ4v) is 2.10. The first-order valence-electron chi connectivity index (χ1n) is 5.20. The molecule has 3 nitrogen and oxygen atoms in total. The molecule has 0 amide bonds. The molecule has 2 aromatic rings. The van der Waals surface area contributed by atoms with E-state index in [0.29, 0.717) is 0 Å². The van der Waals surface area contributed by atoms with Crippen molar-refractivity contribution in [2.75, 3.05) is 0 Å². The van der Waals surface area contributed by atoms with Crippen LogP contribution in [0.15, 0.2) is 34.9 Å². The third-order valence-electron chi connectivity index (χ3n) is 2.59. The molecule has 0 aliphatic carbocycles. The molecule has 1 aromatic heterocycles. The zero-order valence-corrected chi connectivity index (χ0v) is 11.3. The number of ketones is 1. The standard InChI is InChI=1S/C12H8BrF3N2O/c1-18-10(4-5-17-18)11(19)7-2-3-9(13)8(6-7)12(14,15)16/h2-6H,1H3. The molecular weight excluding hydrogens is 325 g/mol. The third kappa shape index (κ3) is 2.70. The van der Waals surface area contributed by atoms with Crippen LogP contribution in [-0.4, -0.2) is 15.6 Å². The summed E-state index contributed by atoms with van der Waals surface area (Å²) in [6.07, 6.45) is -3.10. The van der Waals surface area contributed by atoms with Crippen LogP contribution in [0, 0.1) is 0 Å². The molecule has 0 unspecified atom stereocenters. The molecule has 7 heteroatoms. The summed E-state index contributed by atoms with van der Waals surface area (Å²) in [5.74, 6) is -0.502. The van der Waals surface area contributed by atoms with E-state index in [0.717, 1.165) is 6.07 Å². The molecule has 0 saturated heterocycles. The summed E-state index contributed by atoms with van der Waals surface area (Å²) < 4.78 is 39.5. The van der Waals surface area contributed by atoms with E-state index >= 15 is 0 Å². The average Bonchev–Trinajstić information content (AvgIpc) is 2.73. The van der Waals surface area contributed by atoms with Crippen molar-refractivity contribution < 1.29 is 18.0 Å². The van der Waals surface area contributed by atoms with Crippen LogP contribution in [0.5, 0.6) is 0 Å². The summed E-state index contributed by atoms with van der Waals surface area (Å²) in [5.41, 5.74) is -0.671. The van der Waals surface area contributed by atoms with Crippen LogP contribution >= 0.6 is 15.9 Å². The van der Waals surface area contributed by atoms with E-state index in [2.05, 4.69) is 21.0 Å². The van der Waals surface area contributed by atoms with Gasteiger partial charge in [0.25, 0.3) is 0 Å². The number of aryl methyl sites for hydroxylation is 1. The van der Waals surface area contributed by atoms with Gasteiger partial charge in [-0.3, -0.25) is 9.48 Å². The van der Waals surface area contributed by atoms with E-state index in [9.17, 15) is 18.0 Å². The maximum atomic E-state index is 12.8. The highest BCUT2D eigenvalue weighted by atomic mass is 79.9. The Kier molecular flexibility index (Phi) is 3.49. The molecule has 2 rings (SSSR count). The van der Waals surface area contributed by atoms with E-state index in [-0.39, 0.29) is 15.7 Å². The highest BCUT2D eigenvalue weighted by Crippen LogP contribution is 2.35. The molecule has 0 bridgehead atoms.